The Morgan fingerprint density at radius 3 is 2.57 bits per heavy atom. The predicted octanol–water partition coefficient (Wildman–Crippen LogP) is 1.79. The highest BCUT2D eigenvalue weighted by Gasteiger charge is 2.01. The van der Waals surface area contributed by atoms with E-state index in [0.29, 0.717) is 6.61 Å². The van der Waals surface area contributed by atoms with Gasteiger partial charge in [-0.15, -0.1) is 0 Å². The number of para-hydroxylation sites is 1. The first kappa shape index (κ1) is 11.0. The molecular weight excluding hydrogens is 176 g/mol. The van der Waals surface area contributed by atoms with E-state index in [1.165, 1.54) is 5.69 Å². The van der Waals surface area contributed by atoms with E-state index in [9.17, 15) is 0 Å². The van der Waals surface area contributed by atoms with Gasteiger partial charge in [0.15, 0.2) is 0 Å². The highest BCUT2D eigenvalue weighted by Crippen LogP contribution is 2.12. The summed E-state index contributed by atoms with van der Waals surface area (Å²) in [6.07, 6.45) is 0.958. The second kappa shape index (κ2) is 6.40. The molecule has 0 heterocycles. The smallest absolute Gasteiger partial charge is 0.0696 e. The Kier molecular flexibility index (Phi) is 5.04. The van der Waals surface area contributed by atoms with Crippen LogP contribution in [0.5, 0.6) is 0 Å². The van der Waals surface area contributed by atoms with Crippen molar-refractivity contribution in [2.75, 3.05) is 24.6 Å². The SMILES string of the molecule is CCN(CCCON)c1ccccc1. The van der Waals surface area contributed by atoms with Crippen molar-refractivity contribution in [1.82, 2.24) is 0 Å². The topological polar surface area (TPSA) is 38.5 Å². The van der Waals surface area contributed by atoms with Gasteiger partial charge in [-0.05, 0) is 25.5 Å². The lowest BCUT2D eigenvalue weighted by atomic mass is 10.2. The van der Waals surface area contributed by atoms with Crippen LogP contribution >= 0.6 is 0 Å². The maximum absolute atomic E-state index is 4.98. The fourth-order valence-electron chi connectivity index (χ4n) is 1.45. The van der Waals surface area contributed by atoms with Gasteiger partial charge >= 0.3 is 0 Å². The van der Waals surface area contributed by atoms with E-state index >= 15 is 0 Å². The van der Waals surface area contributed by atoms with Crippen molar-refractivity contribution in [2.45, 2.75) is 13.3 Å². The molecule has 0 amide bonds. The lowest BCUT2D eigenvalue weighted by molar-refractivity contribution is 0.136. The van der Waals surface area contributed by atoms with Gasteiger partial charge in [0.2, 0.25) is 0 Å². The summed E-state index contributed by atoms with van der Waals surface area (Å²) < 4.78 is 0. The van der Waals surface area contributed by atoms with Crippen LogP contribution in [0, 0.1) is 0 Å². The molecule has 0 radical (unpaired) electrons. The van der Waals surface area contributed by atoms with Crippen molar-refractivity contribution in [2.24, 2.45) is 5.90 Å². The molecule has 14 heavy (non-hydrogen) atoms. The molecule has 0 fully saturated rings. The quantitative estimate of drug-likeness (QED) is 0.554. The van der Waals surface area contributed by atoms with Crippen molar-refractivity contribution in [1.29, 1.82) is 0 Å². The number of benzene rings is 1. The summed E-state index contributed by atoms with van der Waals surface area (Å²) in [5.74, 6) is 4.98. The van der Waals surface area contributed by atoms with Crippen LogP contribution in [-0.2, 0) is 4.84 Å². The normalized spacial score (nSPS) is 10.1. The van der Waals surface area contributed by atoms with Gasteiger partial charge in [-0.3, -0.25) is 0 Å². The van der Waals surface area contributed by atoms with Crippen LogP contribution in [0.4, 0.5) is 5.69 Å². The molecule has 0 aliphatic heterocycles. The van der Waals surface area contributed by atoms with Crippen LogP contribution in [-0.4, -0.2) is 19.7 Å². The van der Waals surface area contributed by atoms with E-state index in [2.05, 4.69) is 40.9 Å². The molecule has 0 spiro atoms. The van der Waals surface area contributed by atoms with E-state index in [1.54, 1.807) is 0 Å². The van der Waals surface area contributed by atoms with Crippen LogP contribution in [0.2, 0.25) is 0 Å². The number of anilines is 1. The van der Waals surface area contributed by atoms with Gasteiger partial charge < -0.3 is 9.74 Å². The molecule has 1 aromatic rings. The summed E-state index contributed by atoms with van der Waals surface area (Å²) in [6, 6.07) is 10.4. The van der Waals surface area contributed by atoms with Gasteiger partial charge in [0, 0.05) is 18.8 Å². The lowest BCUT2D eigenvalue weighted by Gasteiger charge is -2.22. The summed E-state index contributed by atoms with van der Waals surface area (Å²) >= 11 is 0. The first-order chi connectivity index (χ1) is 6.88. The number of nitrogens with zero attached hydrogens (tertiary/aromatic N) is 1. The van der Waals surface area contributed by atoms with Crippen LogP contribution in [0.1, 0.15) is 13.3 Å². The highest BCUT2D eigenvalue weighted by molar-refractivity contribution is 5.45. The van der Waals surface area contributed by atoms with Gasteiger partial charge in [-0.2, -0.15) is 0 Å². The molecule has 78 valence electrons. The molecule has 3 nitrogen and oxygen atoms in total. The first-order valence-corrected chi connectivity index (χ1v) is 5.00. The van der Waals surface area contributed by atoms with Gasteiger partial charge in [0.25, 0.3) is 0 Å². The number of rotatable bonds is 6. The molecule has 0 saturated carbocycles. The molecule has 0 unspecified atom stereocenters. The Morgan fingerprint density at radius 1 is 1.29 bits per heavy atom. The minimum Gasteiger partial charge on any atom is -0.372 e. The maximum Gasteiger partial charge on any atom is 0.0696 e. The first-order valence-electron chi connectivity index (χ1n) is 5.00. The third-order valence-corrected chi connectivity index (χ3v) is 2.19. The molecule has 0 bridgehead atoms. The number of nitrogens with two attached hydrogens (primary N) is 1. The van der Waals surface area contributed by atoms with Crippen LogP contribution in [0.25, 0.3) is 0 Å². The molecule has 0 aromatic heterocycles. The van der Waals surface area contributed by atoms with E-state index < -0.39 is 0 Å². The summed E-state index contributed by atoms with van der Waals surface area (Å²) in [6.45, 7) is 4.76. The molecule has 0 saturated heterocycles. The summed E-state index contributed by atoms with van der Waals surface area (Å²) in [7, 11) is 0. The molecule has 2 N–H and O–H groups in total. The second-order valence-corrected chi connectivity index (χ2v) is 3.14. The molecule has 1 rings (SSSR count). The Bertz CT molecular complexity index is 238. The van der Waals surface area contributed by atoms with E-state index in [0.717, 1.165) is 19.5 Å². The van der Waals surface area contributed by atoms with Gasteiger partial charge in [-0.25, -0.2) is 5.90 Å². The molecule has 3 heteroatoms. The Labute approximate surface area is 85.4 Å². The van der Waals surface area contributed by atoms with Crippen LogP contribution in [0.15, 0.2) is 30.3 Å². The van der Waals surface area contributed by atoms with Crippen LogP contribution in [0.3, 0.4) is 0 Å². The maximum atomic E-state index is 4.98. The second-order valence-electron chi connectivity index (χ2n) is 3.14. The highest BCUT2D eigenvalue weighted by atomic mass is 16.6. The van der Waals surface area contributed by atoms with Crippen molar-refractivity contribution in [3.05, 3.63) is 30.3 Å². The molecule has 0 aliphatic rings. The lowest BCUT2D eigenvalue weighted by Crippen LogP contribution is -2.25. The van der Waals surface area contributed by atoms with E-state index in [-0.39, 0.29) is 0 Å². The zero-order valence-electron chi connectivity index (χ0n) is 8.65. The van der Waals surface area contributed by atoms with Crippen molar-refractivity contribution in [3.8, 4) is 0 Å². The van der Waals surface area contributed by atoms with Crippen molar-refractivity contribution < 1.29 is 4.84 Å². The summed E-state index contributed by atoms with van der Waals surface area (Å²) in [5.41, 5.74) is 1.26. The third kappa shape index (κ3) is 3.36. The predicted molar refractivity (Wildman–Crippen MR) is 59.1 cm³/mol. The molecule has 0 aliphatic carbocycles. The molecular formula is C11H18N2O. The third-order valence-electron chi connectivity index (χ3n) is 2.19. The average Bonchev–Trinajstić information content (AvgIpc) is 2.26. The molecule has 1 aromatic carbocycles. The number of hydrogen-bond acceptors (Lipinski definition) is 3. The van der Waals surface area contributed by atoms with Gasteiger partial charge in [0.1, 0.15) is 0 Å². The Hall–Kier alpha value is -1.06. The minimum atomic E-state index is 0.614. The summed E-state index contributed by atoms with van der Waals surface area (Å²) in [4.78, 5) is 6.85. The standard InChI is InChI=1S/C11H18N2O/c1-2-13(9-6-10-14-12)11-7-4-3-5-8-11/h3-5,7-8H,2,6,9-10,12H2,1H3. The summed E-state index contributed by atoms with van der Waals surface area (Å²) in [5, 5.41) is 0. The zero-order valence-corrected chi connectivity index (χ0v) is 8.65. The fourth-order valence-corrected chi connectivity index (χ4v) is 1.45. The van der Waals surface area contributed by atoms with Crippen LogP contribution < -0.4 is 10.8 Å². The monoisotopic (exact) mass is 194 g/mol. The Balaban J connectivity index is 2.46. The van der Waals surface area contributed by atoms with Gasteiger partial charge in [-0.1, -0.05) is 18.2 Å². The van der Waals surface area contributed by atoms with E-state index in [1.807, 2.05) is 6.07 Å². The zero-order chi connectivity index (χ0) is 10.2. The van der Waals surface area contributed by atoms with E-state index in [4.69, 9.17) is 5.90 Å². The Morgan fingerprint density at radius 2 is 2.00 bits per heavy atom. The van der Waals surface area contributed by atoms with Crippen molar-refractivity contribution in [3.63, 3.8) is 0 Å². The van der Waals surface area contributed by atoms with Gasteiger partial charge in [0.05, 0.1) is 6.61 Å². The minimum absolute atomic E-state index is 0.614. The fraction of sp³-hybridized carbons (Fsp3) is 0.455. The average molecular weight is 194 g/mol. The number of hydrogen-bond donors (Lipinski definition) is 1. The molecule has 0 atom stereocenters. The van der Waals surface area contributed by atoms with Crippen molar-refractivity contribution >= 4 is 5.69 Å². The largest absolute Gasteiger partial charge is 0.372 e.